The van der Waals surface area contributed by atoms with Gasteiger partial charge in [0.25, 0.3) is 0 Å². The average molecular weight is 542 g/mol. The van der Waals surface area contributed by atoms with Gasteiger partial charge in [-0.2, -0.15) is 0 Å². The van der Waals surface area contributed by atoms with E-state index in [2.05, 4.69) is 6.58 Å². The van der Waals surface area contributed by atoms with E-state index in [1.807, 2.05) is 54.6 Å². The van der Waals surface area contributed by atoms with Gasteiger partial charge in [-0.05, 0) is 54.8 Å². The molecule has 1 aliphatic heterocycles. The van der Waals surface area contributed by atoms with Crippen LogP contribution in [0.5, 0.6) is 5.75 Å². The molecule has 6 nitrogen and oxygen atoms in total. The number of phenolic OH excluding ortho intramolecular Hbond substituents is 1. The Morgan fingerprint density at radius 2 is 1.68 bits per heavy atom. The van der Waals surface area contributed by atoms with Crippen molar-refractivity contribution < 1.29 is 24.3 Å². The highest BCUT2D eigenvalue weighted by Gasteiger charge is 2.56. The zero-order valence-electron chi connectivity index (χ0n) is 22.5. The summed E-state index contributed by atoms with van der Waals surface area (Å²) in [6.45, 7) is 5.40. The summed E-state index contributed by atoms with van der Waals surface area (Å²) in [4.78, 5) is 56.0. The highest BCUT2D eigenvalue weighted by Crippen LogP contribution is 2.56. The lowest BCUT2D eigenvalue weighted by Gasteiger charge is -2.42. The molecule has 2 amide bonds. The summed E-state index contributed by atoms with van der Waals surface area (Å²) in [5.41, 5.74) is 3.82. The van der Waals surface area contributed by atoms with Crippen LogP contribution in [0, 0.1) is 17.8 Å². The van der Waals surface area contributed by atoms with Crippen LogP contribution in [-0.2, 0) is 19.2 Å². The van der Waals surface area contributed by atoms with Gasteiger partial charge in [0.1, 0.15) is 5.75 Å². The van der Waals surface area contributed by atoms with Crippen LogP contribution >= 0.6 is 0 Å². The van der Waals surface area contributed by atoms with E-state index >= 15 is 0 Å². The van der Waals surface area contributed by atoms with E-state index in [1.54, 1.807) is 25.1 Å². The lowest BCUT2D eigenvalue weighted by atomic mass is 9.59. The number of aromatic hydroxyl groups is 1. The quantitative estimate of drug-likeness (QED) is 0.256. The van der Waals surface area contributed by atoms with Gasteiger partial charge in [-0.1, -0.05) is 72.8 Å². The maximum absolute atomic E-state index is 14.0. The standard InChI is InChI=1S/C35H27NO5/c1-3-19-8-11-21(12-9-19)36-34(40)25-15-14-23-26(30(25)35(36)41)17-27-28(37)16-18(2)32(38)31(27)29(23)24-13-10-20-6-4-5-7-22(20)33(24)39/h3-14,16,25-26,29-30,39H,1,15,17H2,2H3. The molecule has 3 aromatic carbocycles. The maximum atomic E-state index is 14.0. The number of nitrogens with zero attached hydrogens (tertiary/aromatic N) is 1. The van der Waals surface area contributed by atoms with Gasteiger partial charge >= 0.3 is 0 Å². The summed E-state index contributed by atoms with van der Waals surface area (Å²) in [6, 6.07) is 18.3. The van der Waals surface area contributed by atoms with E-state index in [1.165, 1.54) is 11.0 Å². The number of hydrogen-bond donors (Lipinski definition) is 1. The van der Waals surface area contributed by atoms with Crippen molar-refractivity contribution in [1.82, 2.24) is 0 Å². The minimum Gasteiger partial charge on any atom is -0.507 e. The van der Waals surface area contributed by atoms with Gasteiger partial charge in [0, 0.05) is 33.6 Å². The Morgan fingerprint density at radius 3 is 2.44 bits per heavy atom. The summed E-state index contributed by atoms with van der Waals surface area (Å²) in [7, 11) is 0. The minimum atomic E-state index is -0.696. The van der Waals surface area contributed by atoms with Gasteiger partial charge in [0.15, 0.2) is 11.6 Å². The number of hydrogen-bond acceptors (Lipinski definition) is 5. The van der Waals surface area contributed by atoms with E-state index in [9.17, 15) is 24.3 Å². The second kappa shape index (κ2) is 9.10. The van der Waals surface area contributed by atoms with Gasteiger partial charge in [-0.15, -0.1) is 0 Å². The molecule has 0 aromatic heterocycles. The Bertz CT molecular complexity index is 1820. The predicted octanol–water partition coefficient (Wildman–Crippen LogP) is 5.82. The lowest BCUT2D eigenvalue weighted by Crippen LogP contribution is -2.39. The Balaban J connectivity index is 1.38. The molecule has 1 heterocycles. The highest BCUT2D eigenvalue weighted by molar-refractivity contribution is 6.25. The predicted molar refractivity (Wildman–Crippen MR) is 156 cm³/mol. The number of benzene rings is 3. The molecule has 0 bridgehead atoms. The SMILES string of the molecule is C=Cc1ccc(N2C(=O)C3CC=C4C(c5ccc6ccccc6c5O)C5=C(CC4C3C2=O)C(=O)C=C(C)C5=O)cc1. The molecule has 1 N–H and O–H groups in total. The largest absolute Gasteiger partial charge is 0.507 e. The van der Waals surface area contributed by atoms with Crippen LogP contribution < -0.4 is 4.90 Å². The third-order valence-electron chi connectivity index (χ3n) is 9.19. The summed E-state index contributed by atoms with van der Waals surface area (Å²) in [5, 5.41) is 13.0. The fourth-order valence-corrected chi connectivity index (χ4v) is 7.24. The van der Waals surface area contributed by atoms with E-state index < -0.39 is 23.7 Å². The number of imide groups is 1. The number of carbonyl (C=O) groups is 4. The topological polar surface area (TPSA) is 91.8 Å². The van der Waals surface area contributed by atoms with Gasteiger partial charge in [-0.3, -0.25) is 24.1 Å². The van der Waals surface area contributed by atoms with Crippen LogP contribution in [0.3, 0.4) is 0 Å². The summed E-state index contributed by atoms with van der Waals surface area (Å²) < 4.78 is 0. The first-order chi connectivity index (χ1) is 19.8. The molecule has 0 spiro atoms. The van der Waals surface area contributed by atoms with Crippen LogP contribution in [0.15, 0.2) is 102 Å². The first-order valence-corrected chi connectivity index (χ1v) is 13.8. The number of ketones is 2. The number of carbonyl (C=O) groups excluding carboxylic acids is 4. The van der Waals surface area contributed by atoms with E-state index in [4.69, 9.17) is 0 Å². The number of allylic oxidation sites excluding steroid dienone is 6. The molecule has 6 heteroatoms. The third-order valence-corrected chi connectivity index (χ3v) is 9.19. The zero-order chi connectivity index (χ0) is 28.6. The Morgan fingerprint density at radius 1 is 0.927 bits per heavy atom. The molecule has 0 saturated carbocycles. The fraction of sp³-hybridized carbons (Fsp3) is 0.200. The van der Waals surface area contributed by atoms with Crippen LogP contribution in [0.2, 0.25) is 0 Å². The Labute approximate surface area is 237 Å². The summed E-state index contributed by atoms with van der Waals surface area (Å²) in [5.74, 6) is -3.37. The van der Waals surface area contributed by atoms with Gasteiger partial charge < -0.3 is 5.11 Å². The average Bonchev–Trinajstić information content (AvgIpc) is 3.25. The number of fused-ring (bicyclic) bond motifs is 4. The molecule has 4 atom stereocenters. The Hall–Kier alpha value is -4.84. The van der Waals surface area contributed by atoms with Crippen molar-refractivity contribution in [3.63, 3.8) is 0 Å². The third kappa shape index (κ3) is 3.56. The van der Waals surface area contributed by atoms with Gasteiger partial charge in [0.05, 0.1) is 17.5 Å². The molecule has 4 unspecified atom stereocenters. The van der Waals surface area contributed by atoms with Gasteiger partial charge in [-0.25, -0.2) is 0 Å². The lowest BCUT2D eigenvalue weighted by molar-refractivity contribution is -0.123. The smallest absolute Gasteiger partial charge is 0.238 e. The number of Topliss-reactive ketones (excluding diaryl/α,β-unsaturated/α-hetero) is 1. The molecule has 202 valence electrons. The van der Waals surface area contributed by atoms with Crippen molar-refractivity contribution in [2.75, 3.05) is 4.90 Å². The van der Waals surface area contributed by atoms with Crippen molar-refractivity contribution in [3.05, 3.63) is 113 Å². The molecule has 41 heavy (non-hydrogen) atoms. The molecule has 4 aliphatic rings. The van der Waals surface area contributed by atoms with E-state index in [-0.39, 0.29) is 35.6 Å². The molecule has 3 aliphatic carbocycles. The zero-order valence-corrected chi connectivity index (χ0v) is 22.5. The minimum absolute atomic E-state index is 0.0499. The second-order valence-corrected chi connectivity index (χ2v) is 11.3. The van der Waals surface area contributed by atoms with Crippen molar-refractivity contribution in [2.24, 2.45) is 17.8 Å². The van der Waals surface area contributed by atoms with Crippen LogP contribution in [0.4, 0.5) is 5.69 Å². The normalized spacial score (nSPS) is 25.5. The maximum Gasteiger partial charge on any atom is 0.238 e. The Kier molecular flexibility index (Phi) is 5.58. The summed E-state index contributed by atoms with van der Waals surface area (Å²) >= 11 is 0. The molecule has 3 aromatic rings. The van der Waals surface area contributed by atoms with Crippen LogP contribution in [0.25, 0.3) is 16.8 Å². The summed E-state index contributed by atoms with van der Waals surface area (Å²) in [6.07, 6.45) is 5.57. The molecule has 7 rings (SSSR count). The van der Waals surface area contributed by atoms with Crippen molar-refractivity contribution >= 4 is 45.9 Å². The second-order valence-electron chi connectivity index (χ2n) is 11.3. The molecule has 1 saturated heterocycles. The van der Waals surface area contributed by atoms with Crippen molar-refractivity contribution in [2.45, 2.75) is 25.7 Å². The first-order valence-electron chi connectivity index (χ1n) is 13.8. The number of rotatable bonds is 3. The first kappa shape index (κ1) is 25.1. The molecular formula is C35H27NO5. The van der Waals surface area contributed by atoms with Crippen LogP contribution in [-0.4, -0.2) is 28.5 Å². The van der Waals surface area contributed by atoms with E-state index in [0.29, 0.717) is 39.8 Å². The number of anilines is 1. The van der Waals surface area contributed by atoms with Gasteiger partial charge in [0.2, 0.25) is 11.8 Å². The molecular weight excluding hydrogens is 514 g/mol. The van der Waals surface area contributed by atoms with Crippen molar-refractivity contribution in [3.8, 4) is 5.75 Å². The highest BCUT2D eigenvalue weighted by atomic mass is 16.3. The fourth-order valence-electron chi connectivity index (χ4n) is 7.24. The van der Waals surface area contributed by atoms with Crippen LogP contribution in [0.1, 0.15) is 36.8 Å². The monoisotopic (exact) mass is 541 g/mol. The molecule has 1 fully saturated rings. The number of phenols is 1. The van der Waals surface area contributed by atoms with E-state index in [0.717, 1.165) is 16.5 Å². The van der Waals surface area contributed by atoms with Crippen molar-refractivity contribution in [1.29, 1.82) is 0 Å². The molecule has 0 radical (unpaired) electrons. The number of amides is 2.